The number of halogens is 1. The van der Waals surface area contributed by atoms with Gasteiger partial charge < -0.3 is 14.6 Å². The van der Waals surface area contributed by atoms with Crippen LogP contribution in [0.2, 0.25) is 0 Å². The highest BCUT2D eigenvalue weighted by Crippen LogP contribution is 2.44. The average Bonchev–Trinajstić information content (AvgIpc) is 2.60. The smallest absolute Gasteiger partial charge is 0.204 e. The monoisotopic (exact) mass is 360 g/mol. The van der Waals surface area contributed by atoms with Gasteiger partial charge in [0.1, 0.15) is 5.82 Å². The van der Waals surface area contributed by atoms with Crippen LogP contribution in [-0.2, 0) is 6.42 Å². The minimum Gasteiger partial charge on any atom is -0.504 e. The molecule has 0 aliphatic rings. The number of carbonyl (C=O) groups is 1. The quantitative estimate of drug-likeness (QED) is 0.545. The Bertz CT molecular complexity index is 799. The standard InChI is InChI=1S/C21H25FO4/c1-13-14(2)20(25-4)21(19(24)18(13)15(3)23)26-12-8-7-10-16-9-5-6-11-17(16)22/h5-6,9,11,24H,7-8,10,12H2,1-4H3. The van der Waals surface area contributed by atoms with Crippen molar-refractivity contribution in [1.82, 2.24) is 0 Å². The van der Waals surface area contributed by atoms with Gasteiger partial charge in [-0.3, -0.25) is 4.79 Å². The third-order valence-corrected chi connectivity index (χ3v) is 4.54. The Kier molecular flexibility index (Phi) is 6.61. The molecule has 1 N–H and O–H groups in total. The molecule has 2 aromatic rings. The lowest BCUT2D eigenvalue weighted by Gasteiger charge is -2.19. The van der Waals surface area contributed by atoms with E-state index in [-0.39, 0.29) is 28.7 Å². The lowest BCUT2D eigenvalue weighted by atomic mass is 9.97. The SMILES string of the molecule is COc1c(C)c(C)c(C(C)=O)c(O)c1OCCCCc1ccccc1F. The van der Waals surface area contributed by atoms with Crippen LogP contribution in [0.15, 0.2) is 24.3 Å². The number of unbranched alkanes of at least 4 members (excludes halogenated alkanes) is 1. The third-order valence-electron chi connectivity index (χ3n) is 4.54. The first-order valence-electron chi connectivity index (χ1n) is 8.65. The number of aromatic hydroxyl groups is 1. The van der Waals surface area contributed by atoms with Gasteiger partial charge in [0, 0.05) is 0 Å². The summed E-state index contributed by atoms with van der Waals surface area (Å²) in [6.45, 7) is 5.34. The molecule has 0 unspecified atom stereocenters. The number of ketones is 1. The maximum Gasteiger partial charge on any atom is 0.204 e. The number of Topliss-reactive ketones (excluding diaryl/α,β-unsaturated/α-hetero) is 1. The highest BCUT2D eigenvalue weighted by molar-refractivity contribution is 6.00. The molecule has 0 saturated carbocycles. The number of benzene rings is 2. The van der Waals surface area contributed by atoms with E-state index >= 15 is 0 Å². The molecule has 0 fully saturated rings. The zero-order chi connectivity index (χ0) is 19.3. The van der Waals surface area contributed by atoms with Crippen LogP contribution in [0.4, 0.5) is 4.39 Å². The summed E-state index contributed by atoms with van der Waals surface area (Å²) >= 11 is 0. The highest BCUT2D eigenvalue weighted by atomic mass is 19.1. The first-order chi connectivity index (χ1) is 12.4. The first-order valence-corrected chi connectivity index (χ1v) is 8.65. The van der Waals surface area contributed by atoms with Gasteiger partial charge in [0.15, 0.2) is 17.3 Å². The number of phenols is 1. The Morgan fingerprint density at radius 3 is 2.42 bits per heavy atom. The van der Waals surface area contributed by atoms with Crippen molar-refractivity contribution < 1.29 is 23.8 Å². The number of hydrogen-bond donors (Lipinski definition) is 1. The predicted molar refractivity (Wildman–Crippen MR) is 99.0 cm³/mol. The number of methoxy groups -OCH3 is 1. The molecule has 0 radical (unpaired) electrons. The number of ether oxygens (including phenoxy) is 2. The van der Waals surface area contributed by atoms with E-state index in [1.165, 1.54) is 20.1 Å². The molecule has 0 spiro atoms. The molecule has 0 aliphatic carbocycles. The molecule has 4 nitrogen and oxygen atoms in total. The molecular weight excluding hydrogens is 335 g/mol. The van der Waals surface area contributed by atoms with Crippen LogP contribution in [-0.4, -0.2) is 24.6 Å². The normalized spacial score (nSPS) is 10.7. The molecule has 2 rings (SSSR count). The topological polar surface area (TPSA) is 55.8 Å². The number of carbonyl (C=O) groups excluding carboxylic acids is 1. The molecule has 5 heteroatoms. The Morgan fingerprint density at radius 1 is 1.12 bits per heavy atom. The zero-order valence-corrected chi connectivity index (χ0v) is 15.7. The van der Waals surface area contributed by atoms with E-state index < -0.39 is 0 Å². The summed E-state index contributed by atoms with van der Waals surface area (Å²) in [6, 6.07) is 6.71. The van der Waals surface area contributed by atoms with Gasteiger partial charge in [-0.1, -0.05) is 18.2 Å². The van der Waals surface area contributed by atoms with Crippen molar-refractivity contribution in [3.63, 3.8) is 0 Å². The van der Waals surface area contributed by atoms with Gasteiger partial charge in [0.2, 0.25) is 5.75 Å². The Hall–Kier alpha value is -2.56. The summed E-state index contributed by atoms with van der Waals surface area (Å²) in [5, 5.41) is 10.5. The first kappa shape index (κ1) is 19.8. The third kappa shape index (κ3) is 4.15. The number of rotatable bonds is 8. The number of hydrogen-bond acceptors (Lipinski definition) is 4. The van der Waals surface area contributed by atoms with Gasteiger partial charge in [0.25, 0.3) is 0 Å². The summed E-state index contributed by atoms with van der Waals surface area (Å²) in [5.41, 5.74) is 2.37. The molecule has 0 aromatic heterocycles. The fraction of sp³-hybridized carbons (Fsp3) is 0.381. The molecular formula is C21H25FO4. The second-order valence-electron chi connectivity index (χ2n) is 6.29. The van der Waals surface area contributed by atoms with E-state index in [2.05, 4.69) is 0 Å². The maximum absolute atomic E-state index is 13.6. The van der Waals surface area contributed by atoms with Gasteiger partial charge in [-0.25, -0.2) is 4.39 Å². The minimum atomic E-state index is -0.227. The fourth-order valence-corrected chi connectivity index (χ4v) is 3.03. The van der Waals surface area contributed by atoms with Crippen molar-refractivity contribution in [3.05, 3.63) is 52.3 Å². The highest BCUT2D eigenvalue weighted by Gasteiger charge is 2.23. The summed E-state index contributed by atoms with van der Waals surface area (Å²) < 4.78 is 24.7. The van der Waals surface area contributed by atoms with Crippen molar-refractivity contribution in [2.75, 3.05) is 13.7 Å². The van der Waals surface area contributed by atoms with Crippen LogP contribution in [0.3, 0.4) is 0 Å². The Morgan fingerprint density at radius 2 is 1.81 bits per heavy atom. The van der Waals surface area contributed by atoms with Crippen LogP contribution in [0.5, 0.6) is 17.2 Å². The second kappa shape index (κ2) is 8.70. The molecule has 0 bridgehead atoms. The Labute approximate surface area is 153 Å². The van der Waals surface area contributed by atoms with Gasteiger partial charge in [0.05, 0.1) is 19.3 Å². The lowest BCUT2D eigenvalue weighted by molar-refractivity contribution is 0.101. The van der Waals surface area contributed by atoms with Gasteiger partial charge >= 0.3 is 0 Å². The van der Waals surface area contributed by atoms with Crippen LogP contribution >= 0.6 is 0 Å². The fourth-order valence-electron chi connectivity index (χ4n) is 3.03. The van der Waals surface area contributed by atoms with Crippen LogP contribution in [0, 0.1) is 19.7 Å². The summed E-state index contributed by atoms with van der Waals surface area (Å²) in [5.74, 6) is 0.000460. The molecule has 26 heavy (non-hydrogen) atoms. The molecule has 0 aliphatic heterocycles. The second-order valence-corrected chi connectivity index (χ2v) is 6.29. The van der Waals surface area contributed by atoms with Crippen molar-refractivity contribution in [3.8, 4) is 17.2 Å². The van der Waals surface area contributed by atoms with Gasteiger partial charge in [-0.05, 0) is 62.8 Å². The van der Waals surface area contributed by atoms with Crippen LogP contribution in [0.25, 0.3) is 0 Å². The maximum atomic E-state index is 13.6. The van der Waals surface area contributed by atoms with E-state index in [4.69, 9.17) is 9.47 Å². The van der Waals surface area contributed by atoms with Gasteiger partial charge in [-0.2, -0.15) is 0 Å². The number of aryl methyl sites for hydroxylation is 1. The van der Waals surface area contributed by atoms with Crippen molar-refractivity contribution in [2.45, 2.75) is 40.0 Å². The predicted octanol–water partition coefficient (Wildman–Crippen LogP) is 4.76. The number of phenolic OH excluding ortho intramolecular Hbond substituents is 1. The van der Waals surface area contributed by atoms with E-state index in [0.29, 0.717) is 36.3 Å². The zero-order valence-electron chi connectivity index (χ0n) is 15.7. The van der Waals surface area contributed by atoms with Crippen molar-refractivity contribution in [1.29, 1.82) is 0 Å². The van der Waals surface area contributed by atoms with Crippen molar-refractivity contribution in [2.24, 2.45) is 0 Å². The van der Waals surface area contributed by atoms with E-state index in [1.807, 2.05) is 13.0 Å². The van der Waals surface area contributed by atoms with Crippen molar-refractivity contribution >= 4 is 5.78 Å². The summed E-state index contributed by atoms with van der Waals surface area (Å²) in [4.78, 5) is 11.9. The molecule has 2 aromatic carbocycles. The van der Waals surface area contributed by atoms with Crippen LogP contribution < -0.4 is 9.47 Å². The molecule has 0 atom stereocenters. The van der Waals surface area contributed by atoms with E-state index in [9.17, 15) is 14.3 Å². The average molecular weight is 360 g/mol. The molecule has 0 amide bonds. The van der Waals surface area contributed by atoms with Crippen LogP contribution in [0.1, 0.15) is 46.8 Å². The molecule has 0 heterocycles. The van der Waals surface area contributed by atoms with Gasteiger partial charge in [-0.15, -0.1) is 0 Å². The Balaban J connectivity index is 2.07. The summed E-state index contributed by atoms with van der Waals surface area (Å²) in [7, 11) is 1.50. The van der Waals surface area contributed by atoms with E-state index in [1.54, 1.807) is 19.1 Å². The molecule has 0 saturated heterocycles. The molecule has 140 valence electrons. The largest absolute Gasteiger partial charge is 0.504 e. The summed E-state index contributed by atoms with van der Waals surface area (Å²) in [6.07, 6.45) is 2.04. The van der Waals surface area contributed by atoms with E-state index in [0.717, 1.165) is 12.0 Å². The lowest BCUT2D eigenvalue weighted by Crippen LogP contribution is -2.07. The minimum absolute atomic E-state index is 0.187.